The summed E-state index contributed by atoms with van der Waals surface area (Å²) in [6.07, 6.45) is 0.0550. The summed E-state index contributed by atoms with van der Waals surface area (Å²) in [5.74, 6) is 2.53. The zero-order valence-electron chi connectivity index (χ0n) is 10.9. The molecule has 0 saturated heterocycles. The normalized spacial score (nSPS) is 15.7. The fraction of sp³-hybridized carbons (Fsp3) is 0.778. The molecular weight excluding hydrogens is 272 g/mol. The first-order valence-corrected chi connectivity index (χ1v) is 5.75. The minimum absolute atomic E-state index is 0.0480. The van der Waals surface area contributed by atoms with Gasteiger partial charge in [0.1, 0.15) is 6.73 Å². The van der Waals surface area contributed by atoms with Gasteiger partial charge in [-0.1, -0.05) is 0 Å². The number of aliphatic hydroxyl groups is 3. The van der Waals surface area contributed by atoms with E-state index in [0.29, 0.717) is 5.01 Å². The maximum Gasteiger partial charge on any atom is 0.328 e. The topological polar surface area (TPSA) is 204 Å². The van der Waals surface area contributed by atoms with Crippen LogP contribution >= 0.6 is 0 Å². The molecule has 0 aliphatic rings. The summed E-state index contributed by atoms with van der Waals surface area (Å²) in [4.78, 5) is 15.2. The number of carboxylic acid groups (broad SMARTS) is 1. The molecule has 118 valence electrons. The van der Waals surface area contributed by atoms with Gasteiger partial charge in [-0.25, -0.2) is 0 Å². The first-order chi connectivity index (χ1) is 9.40. The Morgan fingerprint density at radius 2 is 1.95 bits per heavy atom. The summed E-state index contributed by atoms with van der Waals surface area (Å²) < 4.78 is 0. The number of carbonyl (C=O) groups is 1. The van der Waals surface area contributed by atoms with E-state index >= 15 is 0 Å². The Hall–Kier alpha value is -1.50. The molecule has 11 nitrogen and oxygen atoms in total. The number of hydrogen-bond acceptors (Lipinski definition) is 8. The van der Waals surface area contributed by atoms with Crippen molar-refractivity contribution in [3.05, 3.63) is 0 Å². The highest BCUT2D eigenvalue weighted by Gasteiger charge is 2.50. The summed E-state index contributed by atoms with van der Waals surface area (Å²) in [5.41, 5.74) is 10.3. The van der Waals surface area contributed by atoms with Crippen LogP contribution in [-0.2, 0) is 4.79 Å². The summed E-state index contributed by atoms with van der Waals surface area (Å²) in [5, 5.41) is 38.1. The van der Waals surface area contributed by atoms with Gasteiger partial charge in [0.05, 0.1) is 6.61 Å². The number of hydrogen-bond donors (Lipinski definition) is 8. The molecule has 0 rings (SSSR count). The van der Waals surface area contributed by atoms with Crippen molar-refractivity contribution in [2.75, 3.05) is 26.5 Å². The Bertz CT molecular complexity index is 333. The lowest BCUT2D eigenvalue weighted by Gasteiger charge is -2.41. The molecule has 0 aromatic rings. The van der Waals surface area contributed by atoms with Gasteiger partial charge in [-0.15, -0.1) is 0 Å². The second-order valence-corrected chi connectivity index (χ2v) is 4.06. The lowest BCUT2D eigenvalue weighted by Crippen LogP contribution is -2.68. The number of guanidine groups is 1. The third-order valence-corrected chi connectivity index (χ3v) is 3.06. The van der Waals surface area contributed by atoms with Gasteiger partial charge in [-0.2, -0.15) is 10.5 Å². The first kappa shape index (κ1) is 18.5. The number of carboxylic acids is 1. The van der Waals surface area contributed by atoms with Crippen molar-refractivity contribution >= 4 is 11.9 Å². The van der Waals surface area contributed by atoms with Gasteiger partial charge >= 0.3 is 5.97 Å². The number of aliphatic imine (C=N–C) groups is 1. The van der Waals surface area contributed by atoms with Gasteiger partial charge in [-0.05, 0) is 6.42 Å². The Balaban J connectivity index is 5.34. The molecule has 0 fully saturated rings. The lowest BCUT2D eigenvalue weighted by molar-refractivity contribution is -0.174. The van der Waals surface area contributed by atoms with E-state index in [4.69, 9.17) is 22.4 Å². The van der Waals surface area contributed by atoms with Gasteiger partial charge in [0.2, 0.25) is 0 Å². The number of nitrogens with two attached hydrogens (primary N) is 3. The number of hydrazine groups is 2. The van der Waals surface area contributed by atoms with Gasteiger partial charge in [-0.3, -0.25) is 15.6 Å². The number of aliphatic hydroxyl groups excluding tert-OH is 3. The second-order valence-electron chi connectivity index (χ2n) is 4.06. The average Bonchev–Trinajstić information content (AvgIpc) is 2.41. The van der Waals surface area contributed by atoms with Gasteiger partial charge in [0, 0.05) is 19.1 Å². The van der Waals surface area contributed by atoms with E-state index in [1.165, 1.54) is 0 Å². The zero-order valence-corrected chi connectivity index (χ0v) is 10.9. The molecular formula is C9H22N6O5. The molecule has 11 N–H and O–H groups in total. The summed E-state index contributed by atoms with van der Waals surface area (Å²) in [6.45, 7) is -2.21. The molecule has 0 aromatic carbocycles. The lowest BCUT2D eigenvalue weighted by atomic mass is 9.82. The summed E-state index contributed by atoms with van der Waals surface area (Å²) in [6, 6.07) is 0. The Labute approximate surface area is 115 Å². The monoisotopic (exact) mass is 294 g/mol. The number of nitrogens with one attached hydrogen (secondary N) is 1. The van der Waals surface area contributed by atoms with E-state index in [0.717, 1.165) is 0 Å². The van der Waals surface area contributed by atoms with Crippen LogP contribution in [0.1, 0.15) is 6.42 Å². The highest BCUT2D eigenvalue weighted by atomic mass is 16.4. The van der Waals surface area contributed by atoms with Crippen LogP contribution in [0.25, 0.3) is 0 Å². The van der Waals surface area contributed by atoms with Crippen LogP contribution in [0, 0.1) is 5.92 Å². The van der Waals surface area contributed by atoms with Crippen molar-refractivity contribution in [2.24, 2.45) is 28.2 Å². The van der Waals surface area contributed by atoms with Crippen LogP contribution in [0.4, 0.5) is 0 Å². The Morgan fingerprint density at radius 3 is 2.25 bits per heavy atom. The van der Waals surface area contributed by atoms with Crippen LogP contribution in [-0.4, -0.2) is 69.4 Å². The molecule has 20 heavy (non-hydrogen) atoms. The van der Waals surface area contributed by atoms with Crippen molar-refractivity contribution < 1.29 is 25.2 Å². The van der Waals surface area contributed by atoms with Crippen LogP contribution in [0.15, 0.2) is 4.99 Å². The Kier molecular flexibility index (Phi) is 7.98. The van der Waals surface area contributed by atoms with E-state index in [1.807, 2.05) is 5.53 Å². The molecule has 0 spiro atoms. The van der Waals surface area contributed by atoms with Gasteiger partial charge in [0.15, 0.2) is 11.5 Å². The highest BCUT2D eigenvalue weighted by molar-refractivity contribution is 5.79. The third kappa shape index (κ3) is 4.00. The van der Waals surface area contributed by atoms with E-state index in [2.05, 4.69) is 4.99 Å². The SMILES string of the molecule is NNN(CO)[C@](CO)(C(=O)O)C(CO)CCN=C(N)N. The van der Waals surface area contributed by atoms with Gasteiger partial charge < -0.3 is 31.9 Å². The van der Waals surface area contributed by atoms with Crippen molar-refractivity contribution in [2.45, 2.75) is 12.0 Å². The average molecular weight is 294 g/mol. The molecule has 2 atom stereocenters. The smallest absolute Gasteiger partial charge is 0.328 e. The zero-order chi connectivity index (χ0) is 15.8. The Morgan fingerprint density at radius 1 is 1.35 bits per heavy atom. The molecule has 0 radical (unpaired) electrons. The summed E-state index contributed by atoms with van der Waals surface area (Å²) in [7, 11) is 0. The number of aliphatic carboxylic acids is 1. The van der Waals surface area contributed by atoms with Crippen LogP contribution in [0.5, 0.6) is 0 Å². The van der Waals surface area contributed by atoms with E-state index in [1.54, 1.807) is 0 Å². The quantitative estimate of drug-likeness (QED) is 0.0639. The predicted octanol–water partition coefficient (Wildman–Crippen LogP) is -4.30. The first-order valence-electron chi connectivity index (χ1n) is 5.75. The fourth-order valence-corrected chi connectivity index (χ4v) is 1.91. The van der Waals surface area contributed by atoms with Crippen molar-refractivity contribution in [3.8, 4) is 0 Å². The molecule has 11 heteroatoms. The van der Waals surface area contributed by atoms with Crippen LogP contribution in [0.3, 0.4) is 0 Å². The van der Waals surface area contributed by atoms with E-state index < -0.39 is 37.4 Å². The van der Waals surface area contributed by atoms with Crippen molar-refractivity contribution in [3.63, 3.8) is 0 Å². The maximum atomic E-state index is 11.5. The van der Waals surface area contributed by atoms with Crippen molar-refractivity contribution in [1.82, 2.24) is 10.5 Å². The molecule has 0 aliphatic heterocycles. The standard InChI is InChI=1S/C9H22N6O5/c10-8(11)13-2-1-6(3-16)9(4-17,7(19)20)15(5-18)14-12/h6,14,16-18H,1-5,12H2,(H,19,20)(H4,10,11,13)/t6?,9-/m0/s1. The molecule has 1 unspecified atom stereocenters. The fourth-order valence-electron chi connectivity index (χ4n) is 1.91. The molecule has 0 aromatic heterocycles. The van der Waals surface area contributed by atoms with Crippen molar-refractivity contribution in [1.29, 1.82) is 0 Å². The molecule has 0 aliphatic carbocycles. The number of rotatable bonds is 10. The highest BCUT2D eigenvalue weighted by Crippen LogP contribution is 2.26. The molecule has 0 amide bonds. The maximum absolute atomic E-state index is 11.5. The molecule has 0 heterocycles. The summed E-state index contributed by atoms with van der Waals surface area (Å²) >= 11 is 0. The number of nitrogens with zero attached hydrogens (tertiary/aromatic N) is 2. The minimum atomic E-state index is -2.02. The van der Waals surface area contributed by atoms with Crippen LogP contribution in [0.2, 0.25) is 0 Å². The third-order valence-electron chi connectivity index (χ3n) is 3.06. The van der Waals surface area contributed by atoms with E-state index in [-0.39, 0.29) is 18.9 Å². The second kappa shape index (κ2) is 8.63. The molecule has 0 saturated carbocycles. The van der Waals surface area contributed by atoms with Gasteiger partial charge in [0.25, 0.3) is 0 Å². The van der Waals surface area contributed by atoms with E-state index in [9.17, 15) is 20.1 Å². The minimum Gasteiger partial charge on any atom is -0.480 e. The molecule has 0 bridgehead atoms. The van der Waals surface area contributed by atoms with Crippen LogP contribution < -0.4 is 22.8 Å². The largest absolute Gasteiger partial charge is 0.480 e. The predicted molar refractivity (Wildman–Crippen MR) is 69.6 cm³/mol.